The summed E-state index contributed by atoms with van der Waals surface area (Å²) in [6, 6.07) is 6.53. The molecule has 3 rings (SSSR count). The Morgan fingerprint density at radius 2 is 2.32 bits per heavy atom. The van der Waals surface area contributed by atoms with E-state index in [0.29, 0.717) is 12.0 Å². The van der Waals surface area contributed by atoms with Gasteiger partial charge in [0.25, 0.3) is 0 Å². The molecule has 2 aromatic rings. The average Bonchev–Trinajstić information content (AvgIpc) is 2.95. The van der Waals surface area contributed by atoms with E-state index >= 15 is 0 Å². The van der Waals surface area contributed by atoms with Crippen molar-refractivity contribution < 1.29 is 0 Å². The van der Waals surface area contributed by atoms with E-state index in [-0.39, 0.29) is 0 Å². The Hall–Kier alpha value is -1.55. The van der Waals surface area contributed by atoms with Crippen LogP contribution in [0.1, 0.15) is 32.5 Å². The van der Waals surface area contributed by atoms with E-state index in [1.807, 2.05) is 18.2 Å². The Kier molecular flexibility index (Phi) is 3.19. The van der Waals surface area contributed by atoms with E-state index in [9.17, 15) is 0 Å². The fourth-order valence-electron chi connectivity index (χ4n) is 3.15. The third kappa shape index (κ3) is 2.45. The fourth-order valence-corrected chi connectivity index (χ4v) is 3.15. The molecule has 0 radical (unpaired) electrons. The van der Waals surface area contributed by atoms with Gasteiger partial charge in [0, 0.05) is 11.7 Å². The van der Waals surface area contributed by atoms with Crippen molar-refractivity contribution in [3.8, 4) is 0 Å². The van der Waals surface area contributed by atoms with E-state index in [2.05, 4.69) is 28.7 Å². The fraction of sp³-hybridized carbons (Fsp3) is 0.533. The first-order chi connectivity index (χ1) is 9.13. The lowest BCUT2D eigenvalue weighted by Gasteiger charge is -2.26. The van der Waals surface area contributed by atoms with Crippen LogP contribution in [0.4, 0.5) is 5.69 Å². The van der Waals surface area contributed by atoms with Gasteiger partial charge in [-0.3, -0.25) is 4.90 Å². The number of anilines is 1. The molecule has 1 unspecified atom stereocenters. The number of benzene rings is 1. The SMILES string of the molecule is CC(C)C1CCCN1Cc1nc2ccc(N)cc2[nH]1. The van der Waals surface area contributed by atoms with Crippen LogP contribution in [0.3, 0.4) is 0 Å². The Morgan fingerprint density at radius 3 is 3.11 bits per heavy atom. The van der Waals surface area contributed by atoms with Gasteiger partial charge in [-0.1, -0.05) is 13.8 Å². The number of nitrogens with two attached hydrogens (primary N) is 1. The maximum absolute atomic E-state index is 5.80. The molecule has 1 saturated heterocycles. The molecular weight excluding hydrogens is 236 g/mol. The van der Waals surface area contributed by atoms with Crippen molar-refractivity contribution in [3.05, 3.63) is 24.0 Å². The number of nitrogens with one attached hydrogen (secondary N) is 1. The molecule has 1 aliphatic rings. The second kappa shape index (κ2) is 4.85. The number of aromatic nitrogens is 2. The van der Waals surface area contributed by atoms with Crippen molar-refractivity contribution in [2.24, 2.45) is 5.92 Å². The van der Waals surface area contributed by atoms with Crippen LogP contribution in [0.15, 0.2) is 18.2 Å². The molecule has 1 aromatic heterocycles. The van der Waals surface area contributed by atoms with Gasteiger partial charge in [0.15, 0.2) is 0 Å². The van der Waals surface area contributed by atoms with Gasteiger partial charge in [0.1, 0.15) is 5.82 Å². The van der Waals surface area contributed by atoms with Crippen molar-refractivity contribution >= 4 is 16.7 Å². The lowest BCUT2D eigenvalue weighted by molar-refractivity contribution is 0.195. The zero-order valence-electron chi connectivity index (χ0n) is 11.7. The van der Waals surface area contributed by atoms with Crippen molar-refractivity contribution in [3.63, 3.8) is 0 Å². The first-order valence-corrected chi connectivity index (χ1v) is 7.11. The summed E-state index contributed by atoms with van der Waals surface area (Å²) in [5.74, 6) is 1.76. The molecule has 4 heteroatoms. The highest BCUT2D eigenvalue weighted by atomic mass is 15.2. The first-order valence-electron chi connectivity index (χ1n) is 7.11. The highest BCUT2D eigenvalue weighted by Gasteiger charge is 2.27. The molecule has 3 N–H and O–H groups in total. The molecule has 19 heavy (non-hydrogen) atoms. The largest absolute Gasteiger partial charge is 0.399 e. The zero-order chi connectivity index (χ0) is 13.4. The van der Waals surface area contributed by atoms with Crippen LogP contribution in [0.2, 0.25) is 0 Å². The lowest BCUT2D eigenvalue weighted by Crippen LogP contribution is -2.33. The third-order valence-electron chi connectivity index (χ3n) is 4.09. The van der Waals surface area contributed by atoms with E-state index in [1.165, 1.54) is 19.4 Å². The predicted octanol–water partition coefficient (Wildman–Crippen LogP) is 2.77. The van der Waals surface area contributed by atoms with Crippen LogP contribution in [0.5, 0.6) is 0 Å². The van der Waals surface area contributed by atoms with Gasteiger partial charge in [-0.25, -0.2) is 4.98 Å². The number of H-pyrrole nitrogens is 1. The van der Waals surface area contributed by atoms with Gasteiger partial charge in [-0.15, -0.1) is 0 Å². The van der Waals surface area contributed by atoms with Crippen LogP contribution in [0.25, 0.3) is 11.0 Å². The summed E-state index contributed by atoms with van der Waals surface area (Å²) < 4.78 is 0. The maximum Gasteiger partial charge on any atom is 0.121 e. The summed E-state index contributed by atoms with van der Waals surface area (Å²) in [6.45, 7) is 6.71. The average molecular weight is 258 g/mol. The van der Waals surface area contributed by atoms with E-state index < -0.39 is 0 Å². The Morgan fingerprint density at radius 1 is 1.47 bits per heavy atom. The van der Waals surface area contributed by atoms with Crippen LogP contribution in [-0.4, -0.2) is 27.5 Å². The molecule has 0 saturated carbocycles. The molecule has 0 aliphatic carbocycles. The standard InChI is InChI=1S/C15H22N4/c1-10(2)14-4-3-7-19(14)9-15-17-12-6-5-11(16)8-13(12)18-15/h5-6,8,10,14H,3-4,7,9,16H2,1-2H3,(H,17,18). The molecule has 1 fully saturated rings. The monoisotopic (exact) mass is 258 g/mol. The van der Waals surface area contributed by atoms with Crippen LogP contribution in [-0.2, 0) is 6.54 Å². The molecular formula is C15H22N4. The minimum atomic E-state index is 0.693. The molecule has 0 spiro atoms. The smallest absolute Gasteiger partial charge is 0.121 e. The number of hydrogen-bond acceptors (Lipinski definition) is 3. The summed E-state index contributed by atoms with van der Waals surface area (Å²) in [5, 5.41) is 0. The molecule has 0 amide bonds. The van der Waals surface area contributed by atoms with Crippen LogP contribution >= 0.6 is 0 Å². The predicted molar refractivity (Wildman–Crippen MR) is 78.8 cm³/mol. The van der Waals surface area contributed by atoms with Crippen molar-refractivity contribution in [2.75, 3.05) is 12.3 Å². The summed E-state index contributed by atoms with van der Waals surface area (Å²) in [6.07, 6.45) is 2.61. The van der Waals surface area contributed by atoms with Crippen molar-refractivity contribution in [1.82, 2.24) is 14.9 Å². The second-order valence-corrected chi connectivity index (χ2v) is 5.88. The number of likely N-dealkylation sites (tertiary alicyclic amines) is 1. The maximum atomic E-state index is 5.80. The van der Waals surface area contributed by atoms with Crippen molar-refractivity contribution in [2.45, 2.75) is 39.3 Å². The van der Waals surface area contributed by atoms with Gasteiger partial charge in [-0.2, -0.15) is 0 Å². The number of nitrogens with zero attached hydrogens (tertiary/aromatic N) is 2. The van der Waals surface area contributed by atoms with E-state index in [4.69, 9.17) is 5.73 Å². The summed E-state index contributed by atoms with van der Waals surface area (Å²) >= 11 is 0. The highest BCUT2D eigenvalue weighted by Crippen LogP contribution is 2.25. The number of nitrogen functional groups attached to an aromatic ring is 1. The topological polar surface area (TPSA) is 57.9 Å². The quantitative estimate of drug-likeness (QED) is 0.832. The normalized spacial score (nSPS) is 20.7. The number of imidazole rings is 1. The summed E-state index contributed by atoms with van der Waals surface area (Å²) in [7, 11) is 0. The van der Waals surface area contributed by atoms with Gasteiger partial charge < -0.3 is 10.7 Å². The summed E-state index contributed by atoms with van der Waals surface area (Å²) in [4.78, 5) is 10.6. The number of aromatic amines is 1. The Balaban J connectivity index is 1.81. The highest BCUT2D eigenvalue weighted by molar-refractivity contribution is 5.78. The Bertz CT molecular complexity index is 573. The number of hydrogen-bond donors (Lipinski definition) is 2. The molecule has 1 aromatic carbocycles. The molecule has 2 heterocycles. The van der Waals surface area contributed by atoms with Gasteiger partial charge in [0.2, 0.25) is 0 Å². The lowest BCUT2D eigenvalue weighted by atomic mass is 10.0. The Labute approximate surface area is 114 Å². The third-order valence-corrected chi connectivity index (χ3v) is 4.09. The van der Waals surface area contributed by atoms with Crippen molar-refractivity contribution in [1.29, 1.82) is 0 Å². The van der Waals surface area contributed by atoms with Gasteiger partial charge in [-0.05, 0) is 43.5 Å². The van der Waals surface area contributed by atoms with Crippen LogP contribution < -0.4 is 5.73 Å². The summed E-state index contributed by atoms with van der Waals surface area (Å²) in [5.41, 5.74) is 8.62. The minimum absolute atomic E-state index is 0.693. The van der Waals surface area contributed by atoms with Gasteiger partial charge in [0.05, 0.1) is 17.6 Å². The zero-order valence-corrected chi connectivity index (χ0v) is 11.7. The molecule has 4 nitrogen and oxygen atoms in total. The number of rotatable bonds is 3. The van der Waals surface area contributed by atoms with Gasteiger partial charge >= 0.3 is 0 Å². The van der Waals surface area contributed by atoms with Crippen LogP contribution in [0, 0.1) is 5.92 Å². The molecule has 1 atom stereocenters. The van der Waals surface area contributed by atoms with E-state index in [1.54, 1.807) is 0 Å². The number of fused-ring (bicyclic) bond motifs is 1. The molecule has 1 aliphatic heterocycles. The minimum Gasteiger partial charge on any atom is -0.399 e. The second-order valence-electron chi connectivity index (χ2n) is 5.88. The first kappa shape index (κ1) is 12.5. The molecule has 102 valence electrons. The molecule has 0 bridgehead atoms. The van der Waals surface area contributed by atoms with E-state index in [0.717, 1.165) is 29.1 Å².